The topological polar surface area (TPSA) is 91.8 Å². The second kappa shape index (κ2) is 5.16. The van der Waals surface area contributed by atoms with E-state index in [1.165, 1.54) is 0 Å². The number of carbonyl (C=O) groups is 1. The molecule has 3 N–H and O–H groups in total. The fourth-order valence-corrected chi connectivity index (χ4v) is 2.49. The van der Waals surface area contributed by atoms with Gasteiger partial charge in [0.1, 0.15) is 0 Å². The van der Waals surface area contributed by atoms with Gasteiger partial charge in [-0.3, -0.25) is 9.78 Å². The largest absolute Gasteiger partial charge is 0.366 e. The van der Waals surface area contributed by atoms with E-state index in [9.17, 15) is 10.1 Å². The molecule has 1 unspecified atom stereocenters. The van der Waals surface area contributed by atoms with Crippen molar-refractivity contribution in [2.24, 2.45) is 5.73 Å². The molecule has 2 heterocycles. The average molecular weight is 272 g/mol. The summed E-state index contributed by atoms with van der Waals surface area (Å²) in [5.41, 5.74) is 7.58. The normalized spacial score (nSPS) is 18.9. The van der Waals surface area contributed by atoms with Gasteiger partial charge < -0.3 is 11.1 Å². The maximum Gasteiger partial charge on any atom is 0.247 e. The number of amides is 1. The first-order valence-electron chi connectivity index (χ1n) is 5.57. The molecule has 0 spiro atoms. The number of nitrogens with two attached hydrogens (primary N) is 1. The van der Waals surface area contributed by atoms with E-state index >= 15 is 0 Å². The summed E-state index contributed by atoms with van der Waals surface area (Å²) in [7, 11) is 0. The number of pyridine rings is 1. The Kier molecular flexibility index (Phi) is 3.58. The molecule has 1 atom stereocenters. The van der Waals surface area contributed by atoms with E-state index in [2.05, 4.69) is 29.0 Å². The molecule has 6 heteroatoms. The lowest BCUT2D eigenvalue weighted by atomic mass is 9.82. The number of nitrogens with one attached hydrogen (secondary N) is 1. The van der Waals surface area contributed by atoms with E-state index < -0.39 is 11.8 Å². The lowest BCUT2D eigenvalue weighted by Gasteiger charge is -2.27. The van der Waals surface area contributed by atoms with Gasteiger partial charge in [-0.25, -0.2) is 0 Å². The van der Waals surface area contributed by atoms with Crippen molar-refractivity contribution >= 4 is 18.5 Å². The highest BCUT2D eigenvalue weighted by atomic mass is 32.1. The number of nitrogens with zero attached hydrogens (tertiary/aromatic N) is 2. The molecule has 1 amide bonds. The van der Waals surface area contributed by atoms with Crippen molar-refractivity contribution in [3.8, 4) is 6.07 Å². The summed E-state index contributed by atoms with van der Waals surface area (Å²) in [6, 6.07) is 5.60. The van der Waals surface area contributed by atoms with Crippen molar-refractivity contribution in [1.82, 2.24) is 10.3 Å². The number of hydrogen-bond acceptors (Lipinski definition) is 5. The minimum atomic E-state index is -0.555. The first kappa shape index (κ1) is 13.2. The second-order valence-electron chi connectivity index (χ2n) is 4.12. The van der Waals surface area contributed by atoms with Crippen molar-refractivity contribution in [3.63, 3.8) is 0 Å². The third-order valence-electron chi connectivity index (χ3n) is 2.97. The molecular formula is C13H12N4OS. The van der Waals surface area contributed by atoms with Crippen molar-refractivity contribution < 1.29 is 4.79 Å². The second-order valence-corrected chi connectivity index (χ2v) is 4.56. The molecule has 0 aliphatic carbocycles. The smallest absolute Gasteiger partial charge is 0.247 e. The summed E-state index contributed by atoms with van der Waals surface area (Å²) < 4.78 is 0. The first-order chi connectivity index (χ1) is 9.06. The molecule has 96 valence electrons. The number of rotatable bonds is 2. The Morgan fingerprint density at radius 2 is 2.16 bits per heavy atom. The quantitative estimate of drug-likeness (QED) is 0.705. The highest BCUT2D eigenvalue weighted by Crippen LogP contribution is 2.37. The van der Waals surface area contributed by atoms with Crippen LogP contribution < -0.4 is 11.1 Å². The Morgan fingerprint density at radius 1 is 1.53 bits per heavy atom. The van der Waals surface area contributed by atoms with Crippen molar-refractivity contribution in [1.29, 1.82) is 5.26 Å². The van der Waals surface area contributed by atoms with Gasteiger partial charge in [0.05, 0.1) is 22.6 Å². The highest BCUT2D eigenvalue weighted by Gasteiger charge is 2.32. The number of nitriles is 1. The zero-order valence-corrected chi connectivity index (χ0v) is 11.1. The zero-order valence-electron chi connectivity index (χ0n) is 10.2. The molecule has 19 heavy (non-hydrogen) atoms. The predicted molar refractivity (Wildman–Crippen MR) is 73.6 cm³/mol. The third-order valence-corrected chi connectivity index (χ3v) is 3.32. The maximum atomic E-state index is 11.7. The van der Waals surface area contributed by atoms with Crippen LogP contribution >= 0.6 is 12.6 Å². The van der Waals surface area contributed by atoms with E-state index in [1.54, 1.807) is 31.5 Å². The predicted octanol–water partition coefficient (Wildman–Crippen LogP) is 1.19. The zero-order chi connectivity index (χ0) is 14.0. The van der Waals surface area contributed by atoms with Crippen LogP contribution in [-0.4, -0.2) is 10.9 Å². The number of dihydropyridines is 1. The fourth-order valence-electron chi connectivity index (χ4n) is 2.14. The molecule has 1 aromatic rings. The summed E-state index contributed by atoms with van der Waals surface area (Å²) in [5, 5.41) is 12.6. The van der Waals surface area contributed by atoms with Crippen LogP contribution in [-0.2, 0) is 4.79 Å². The van der Waals surface area contributed by atoms with Gasteiger partial charge in [0.15, 0.2) is 0 Å². The molecule has 0 saturated heterocycles. The van der Waals surface area contributed by atoms with E-state index in [-0.39, 0.29) is 0 Å². The van der Waals surface area contributed by atoms with Crippen LogP contribution in [0.4, 0.5) is 0 Å². The number of thiol groups is 1. The molecule has 0 fully saturated rings. The van der Waals surface area contributed by atoms with Crippen LogP contribution in [0, 0.1) is 11.3 Å². The van der Waals surface area contributed by atoms with Crippen molar-refractivity contribution in [2.45, 2.75) is 12.8 Å². The Balaban J connectivity index is 2.65. The van der Waals surface area contributed by atoms with E-state index in [0.29, 0.717) is 21.9 Å². The summed E-state index contributed by atoms with van der Waals surface area (Å²) >= 11 is 4.26. The Morgan fingerprint density at radius 3 is 2.68 bits per heavy atom. The number of aromatic nitrogens is 1. The Hall–Kier alpha value is -2.26. The molecule has 0 radical (unpaired) electrons. The van der Waals surface area contributed by atoms with Crippen LogP contribution in [0.2, 0.25) is 0 Å². The minimum Gasteiger partial charge on any atom is -0.366 e. The summed E-state index contributed by atoms with van der Waals surface area (Å²) in [6.07, 6.45) is 3.22. The summed E-state index contributed by atoms with van der Waals surface area (Å²) in [6.45, 7) is 1.73. The van der Waals surface area contributed by atoms with E-state index in [4.69, 9.17) is 5.73 Å². The SMILES string of the molecule is CC1=C(C(N)=O)C(c2ccncc2)C(C#N)=C(S)N1. The molecule has 2 rings (SSSR count). The average Bonchev–Trinajstić information content (AvgIpc) is 2.38. The molecule has 0 bridgehead atoms. The van der Waals surface area contributed by atoms with E-state index in [1.807, 2.05) is 0 Å². The van der Waals surface area contributed by atoms with Gasteiger partial charge in [0, 0.05) is 23.7 Å². The molecular weight excluding hydrogens is 260 g/mol. The van der Waals surface area contributed by atoms with Gasteiger partial charge in [0.25, 0.3) is 0 Å². The monoisotopic (exact) mass is 272 g/mol. The third kappa shape index (κ3) is 2.33. The van der Waals surface area contributed by atoms with Crippen LogP contribution in [0.15, 0.2) is 46.4 Å². The number of primary amides is 1. The molecule has 0 aromatic carbocycles. The lowest BCUT2D eigenvalue weighted by molar-refractivity contribution is -0.114. The molecule has 1 aliphatic rings. The maximum absolute atomic E-state index is 11.7. The first-order valence-corrected chi connectivity index (χ1v) is 6.01. The van der Waals surface area contributed by atoms with Gasteiger partial charge in [-0.1, -0.05) is 0 Å². The molecule has 1 aliphatic heterocycles. The van der Waals surface area contributed by atoms with Crippen molar-refractivity contribution in [2.75, 3.05) is 0 Å². The standard InChI is InChI=1S/C13H12N4OS/c1-7-10(12(15)18)11(8-2-4-16-5-3-8)9(6-14)13(19)17-7/h2-5,11,17,19H,1H3,(H2,15,18). The molecule has 0 saturated carbocycles. The van der Waals surface area contributed by atoms with Gasteiger partial charge in [-0.05, 0) is 24.6 Å². The molecule has 5 nitrogen and oxygen atoms in total. The number of allylic oxidation sites excluding steroid dienone is 2. The van der Waals surface area contributed by atoms with E-state index in [0.717, 1.165) is 5.56 Å². The number of hydrogen-bond donors (Lipinski definition) is 3. The van der Waals surface area contributed by atoms with Gasteiger partial charge in [0.2, 0.25) is 5.91 Å². The van der Waals surface area contributed by atoms with Crippen LogP contribution in [0.5, 0.6) is 0 Å². The summed E-state index contributed by atoms with van der Waals surface area (Å²) in [5.74, 6) is -1.06. The summed E-state index contributed by atoms with van der Waals surface area (Å²) in [4.78, 5) is 15.6. The number of carbonyl (C=O) groups excluding carboxylic acids is 1. The van der Waals surface area contributed by atoms with Crippen molar-refractivity contribution in [3.05, 3.63) is 52.0 Å². The fraction of sp³-hybridized carbons (Fsp3) is 0.154. The van der Waals surface area contributed by atoms with Crippen LogP contribution in [0.1, 0.15) is 18.4 Å². The van der Waals surface area contributed by atoms with Gasteiger partial charge in [-0.2, -0.15) is 5.26 Å². The Bertz CT molecular complexity index is 628. The van der Waals surface area contributed by atoms with Gasteiger partial charge in [-0.15, -0.1) is 12.6 Å². The minimum absolute atomic E-state index is 0.369. The highest BCUT2D eigenvalue weighted by molar-refractivity contribution is 7.84. The molecule has 1 aromatic heterocycles. The van der Waals surface area contributed by atoms with Gasteiger partial charge >= 0.3 is 0 Å². The van der Waals surface area contributed by atoms with Crippen LogP contribution in [0.25, 0.3) is 0 Å². The Labute approximate surface area is 116 Å². The lowest BCUT2D eigenvalue weighted by Crippen LogP contribution is -2.30. The van der Waals surface area contributed by atoms with Crippen LogP contribution in [0.3, 0.4) is 0 Å².